The number of hydrogen-bond donors (Lipinski definition) is 2. The maximum Gasteiger partial charge on any atom is 0.267 e. The van der Waals surface area contributed by atoms with Crippen molar-refractivity contribution in [1.29, 1.82) is 0 Å². The molecule has 36 heavy (non-hydrogen) atoms. The number of fused-ring (bicyclic) bond motifs is 2. The summed E-state index contributed by atoms with van der Waals surface area (Å²) in [6.07, 6.45) is 7.48. The molecule has 2 N–H and O–H groups in total. The van der Waals surface area contributed by atoms with Gasteiger partial charge in [-0.2, -0.15) is 0 Å². The lowest BCUT2D eigenvalue weighted by Gasteiger charge is -2.33. The Hall–Kier alpha value is -3.03. The molecule has 3 aromatic rings. The predicted molar refractivity (Wildman–Crippen MR) is 142 cm³/mol. The standard InChI is InChI=1S/C29H36N4O3/c34-29(30-22-10-14-33(15-11-22)17-16-32-12-3-1-2-4-13-32)26-19-24-23(6-5-7-25(24)31-26)21-8-9-27-28(18-21)36-20-35-27/h5-9,18-19,22,31H,1-4,10-17,20H2,(H,30,34). The van der Waals surface area contributed by atoms with Gasteiger partial charge in [0, 0.05) is 43.1 Å². The van der Waals surface area contributed by atoms with E-state index in [9.17, 15) is 4.79 Å². The first kappa shape index (κ1) is 23.4. The maximum atomic E-state index is 13.1. The van der Waals surface area contributed by atoms with Crippen molar-refractivity contribution < 1.29 is 14.3 Å². The van der Waals surface area contributed by atoms with Gasteiger partial charge in [-0.05, 0) is 74.2 Å². The number of nitrogens with one attached hydrogen (secondary N) is 2. The first-order valence-electron chi connectivity index (χ1n) is 13.5. The van der Waals surface area contributed by atoms with Crippen molar-refractivity contribution in [3.63, 3.8) is 0 Å². The highest BCUT2D eigenvalue weighted by Crippen LogP contribution is 2.38. The molecule has 2 saturated heterocycles. The topological polar surface area (TPSA) is 69.8 Å². The van der Waals surface area contributed by atoms with Gasteiger partial charge in [-0.25, -0.2) is 0 Å². The van der Waals surface area contributed by atoms with Gasteiger partial charge in [0.25, 0.3) is 5.91 Å². The molecule has 6 rings (SSSR count). The summed E-state index contributed by atoms with van der Waals surface area (Å²) in [7, 11) is 0. The van der Waals surface area contributed by atoms with Crippen molar-refractivity contribution in [2.75, 3.05) is 46.1 Å². The number of aromatic nitrogens is 1. The van der Waals surface area contributed by atoms with E-state index >= 15 is 0 Å². The van der Waals surface area contributed by atoms with Crippen molar-refractivity contribution in [1.82, 2.24) is 20.1 Å². The third kappa shape index (κ3) is 5.08. The molecular weight excluding hydrogens is 452 g/mol. The minimum absolute atomic E-state index is 0.0224. The number of aromatic amines is 1. The molecule has 0 bridgehead atoms. The van der Waals surface area contributed by atoms with E-state index in [1.165, 1.54) is 45.3 Å². The smallest absolute Gasteiger partial charge is 0.267 e. The number of ether oxygens (including phenoxy) is 2. The number of carbonyl (C=O) groups excluding carboxylic acids is 1. The van der Waals surface area contributed by atoms with Gasteiger partial charge in [0.05, 0.1) is 0 Å². The number of piperidine rings is 1. The van der Waals surface area contributed by atoms with E-state index in [0.717, 1.165) is 66.0 Å². The van der Waals surface area contributed by atoms with E-state index in [2.05, 4.69) is 26.2 Å². The highest BCUT2D eigenvalue weighted by molar-refractivity contribution is 6.03. The lowest BCUT2D eigenvalue weighted by molar-refractivity contribution is 0.0902. The van der Waals surface area contributed by atoms with Crippen molar-refractivity contribution in [3.8, 4) is 22.6 Å². The van der Waals surface area contributed by atoms with Crippen LogP contribution < -0.4 is 14.8 Å². The van der Waals surface area contributed by atoms with E-state index in [-0.39, 0.29) is 18.7 Å². The molecule has 7 nitrogen and oxygen atoms in total. The van der Waals surface area contributed by atoms with Gasteiger partial charge in [0.15, 0.2) is 11.5 Å². The number of rotatable bonds is 6. The summed E-state index contributed by atoms with van der Waals surface area (Å²) in [4.78, 5) is 21.7. The Kier molecular flexibility index (Phi) is 6.84. The van der Waals surface area contributed by atoms with Crippen molar-refractivity contribution in [3.05, 3.63) is 48.2 Å². The molecule has 1 aromatic heterocycles. The molecule has 1 amide bonds. The van der Waals surface area contributed by atoms with Gasteiger partial charge in [0.2, 0.25) is 6.79 Å². The first-order chi connectivity index (χ1) is 17.7. The molecule has 7 heteroatoms. The van der Waals surface area contributed by atoms with Gasteiger partial charge >= 0.3 is 0 Å². The molecule has 0 unspecified atom stereocenters. The summed E-state index contributed by atoms with van der Waals surface area (Å²) in [5, 5.41) is 4.31. The van der Waals surface area contributed by atoms with Gasteiger partial charge in [-0.3, -0.25) is 4.79 Å². The van der Waals surface area contributed by atoms with Crippen LogP contribution in [0.1, 0.15) is 49.0 Å². The molecule has 0 spiro atoms. The molecule has 190 valence electrons. The zero-order chi connectivity index (χ0) is 24.3. The number of H-pyrrole nitrogens is 1. The maximum absolute atomic E-state index is 13.1. The Morgan fingerprint density at radius 3 is 2.44 bits per heavy atom. The molecule has 0 saturated carbocycles. The molecular formula is C29H36N4O3. The third-order valence-electron chi connectivity index (χ3n) is 7.95. The summed E-state index contributed by atoms with van der Waals surface area (Å²) < 4.78 is 11.0. The Balaban J connectivity index is 1.06. The zero-order valence-corrected chi connectivity index (χ0v) is 20.9. The molecule has 3 aliphatic heterocycles. The summed E-state index contributed by atoms with van der Waals surface area (Å²) in [5.74, 6) is 1.51. The summed E-state index contributed by atoms with van der Waals surface area (Å²) in [6, 6.07) is 14.3. The van der Waals surface area contributed by atoms with Crippen LogP contribution in [0.4, 0.5) is 0 Å². The number of carbonyl (C=O) groups is 1. The zero-order valence-electron chi connectivity index (χ0n) is 20.9. The molecule has 3 aliphatic rings. The highest BCUT2D eigenvalue weighted by Gasteiger charge is 2.23. The predicted octanol–water partition coefficient (Wildman–Crippen LogP) is 4.63. The fraction of sp³-hybridized carbons (Fsp3) is 0.483. The second-order valence-electron chi connectivity index (χ2n) is 10.4. The number of benzene rings is 2. The van der Waals surface area contributed by atoms with Gasteiger partial charge in [0.1, 0.15) is 5.69 Å². The molecule has 0 aliphatic carbocycles. The van der Waals surface area contributed by atoms with E-state index in [1.54, 1.807) is 0 Å². The Bertz CT molecular complexity index is 1210. The second-order valence-corrected chi connectivity index (χ2v) is 10.4. The average molecular weight is 489 g/mol. The average Bonchev–Trinajstić information content (AvgIpc) is 3.48. The number of likely N-dealkylation sites (tertiary alicyclic amines) is 2. The molecule has 0 radical (unpaired) electrons. The van der Waals surface area contributed by atoms with Crippen molar-refractivity contribution in [2.45, 2.75) is 44.6 Å². The Morgan fingerprint density at radius 2 is 1.64 bits per heavy atom. The van der Waals surface area contributed by atoms with E-state index < -0.39 is 0 Å². The van der Waals surface area contributed by atoms with Crippen LogP contribution in [0, 0.1) is 0 Å². The minimum Gasteiger partial charge on any atom is -0.454 e. The fourth-order valence-corrected chi connectivity index (χ4v) is 5.80. The quantitative estimate of drug-likeness (QED) is 0.529. The lowest BCUT2D eigenvalue weighted by Crippen LogP contribution is -2.46. The number of amides is 1. The van der Waals surface area contributed by atoms with Crippen LogP contribution >= 0.6 is 0 Å². The minimum atomic E-state index is -0.0224. The Morgan fingerprint density at radius 1 is 0.889 bits per heavy atom. The van der Waals surface area contributed by atoms with Gasteiger partial charge in [-0.1, -0.05) is 31.0 Å². The number of hydrogen-bond acceptors (Lipinski definition) is 5. The van der Waals surface area contributed by atoms with Crippen LogP contribution in [0.3, 0.4) is 0 Å². The summed E-state index contributed by atoms with van der Waals surface area (Å²) in [6.45, 7) is 7.21. The van der Waals surface area contributed by atoms with Crippen LogP contribution in [0.25, 0.3) is 22.0 Å². The van der Waals surface area contributed by atoms with E-state index in [4.69, 9.17) is 9.47 Å². The third-order valence-corrected chi connectivity index (χ3v) is 7.95. The van der Waals surface area contributed by atoms with Crippen LogP contribution in [-0.2, 0) is 0 Å². The first-order valence-corrected chi connectivity index (χ1v) is 13.5. The summed E-state index contributed by atoms with van der Waals surface area (Å²) in [5.41, 5.74) is 3.68. The largest absolute Gasteiger partial charge is 0.454 e. The normalized spacial score (nSPS) is 19.4. The lowest BCUT2D eigenvalue weighted by atomic mass is 10.0. The monoisotopic (exact) mass is 488 g/mol. The SMILES string of the molecule is O=C(NC1CCN(CCN2CCCCCC2)CC1)c1cc2c(-c3ccc4c(c3)OCO4)cccc2[nH]1. The van der Waals surface area contributed by atoms with Crippen LogP contribution in [-0.4, -0.2) is 72.8 Å². The fourth-order valence-electron chi connectivity index (χ4n) is 5.80. The van der Waals surface area contributed by atoms with Crippen molar-refractivity contribution in [2.24, 2.45) is 0 Å². The number of nitrogens with zero attached hydrogens (tertiary/aromatic N) is 2. The van der Waals surface area contributed by atoms with E-state index in [1.807, 2.05) is 36.4 Å². The van der Waals surface area contributed by atoms with E-state index in [0.29, 0.717) is 5.69 Å². The highest BCUT2D eigenvalue weighted by atomic mass is 16.7. The van der Waals surface area contributed by atoms with Gasteiger partial charge in [-0.15, -0.1) is 0 Å². The molecule has 0 atom stereocenters. The molecule has 2 aromatic carbocycles. The molecule has 4 heterocycles. The van der Waals surface area contributed by atoms with Crippen LogP contribution in [0.5, 0.6) is 11.5 Å². The molecule has 2 fully saturated rings. The van der Waals surface area contributed by atoms with Gasteiger partial charge < -0.3 is 29.6 Å². The van der Waals surface area contributed by atoms with Crippen LogP contribution in [0.2, 0.25) is 0 Å². The summed E-state index contributed by atoms with van der Waals surface area (Å²) >= 11 is 0. The second kappa shape index (κ2) is 10.5. The van der Waals surface area contributed by atoms with Crippen LogP contribution in [0.15, 0.2) is 42.5 Å². The van der Waals surface area contributed by atoms with Crippen molar-refractivity contribution >= 4 is 16.8 Å². The Labute approximate surface area is 212 Å².